The molecule has 2 rings (SSSR count). The molecule has 0 aliphatic rings. The van der Waals surface area contributed by atoms with Crippen LogP contribution in [0.2, 0.25) is 10.0 Å². The van der Waals surface area contributed by atoms with Gasteiger partial charge in [-0.25, -0.2) is 4.79 Å². The summed E-state index contributed by atoms with van der Waals surface area (Å²) in [5.41, 5.74) is 0.320. The Hall–Kier alpha value is -2.05. The third-order valence-electron chi connectivity index (χ3n) is 3.19. The number of ether oxygens (including phenoxy) is 2. The SMILES string of the molecule is CCCCOC(=O)n1nc(-c2cc(Cl)c(OC)c(Cl)c2)ccc1=O. The first-order valence-electron chi connectivity index (χ1n) is 7.28. The number of hydrogen-bond donors (Lipinski definition) is 0. The molecule has 0 bridgehead atoms. The summed E-state index contributed by atoms with van der Waals surface area (Å²) in [6.45, 7) is 2.20. The molecule has 24 heavy (non-hydrogen) atoms. The average molecular weight is 371 g/mol. The predicted molar refractivity (Wildman–Crippen MR) is 92.2 cm³/mol. The van der Waals surface area contributed by atoms with Gasteiger partial charge in [0.2, 0.25) is 0 Å². The zero-order chi connectivity index (χ0) is 17.7. The van der Waals surface area contributed by atoms with E-state index in [4.69, 9.17) is 32.7 Å². The maximum atomic E-state index is 12.0. The van der Waals surface area contributed by atoms with Crippen LogP contribution in [-0.2, 0) is 4.74 Å². The number of rotatable bonds is 5. The van der Waals surface area contributed by atoms with Crippen LogP contribution in [0.1, 0.15) is 19.8 Å². The van der Waals surface area contributed by atoms with E-state index in [1.807, 2.05) is 6.92 Å². The summed E-state index contributed by atoms with van der Waals surface area (Å²) >= 11 is 12.2. The van der Waals surface area contributed by atoms with Crippen molar-refractivity contribution >= 4 is 29.3 Å². The molecular weight excluding hydrogens is 355 g/mol. The predicted octanol–water partition coefficient (Wildman–Crippen LogP) is 4.01. The van der Waals surface area contributed by atoms with Gasteiger partial charge in [-0.05, 0) is 24.6 Å². The highest BCUT2D eigenvalue weighted by atomic mass is 35.5. The lowest BCUT2D eigenvalue weighted by molar-refractivity contribution is 0.141. The lowest BCUT2D eigenvalue weighted by atomic mass is 10.1. The van der Waals surface area contributed by atoms with Crippen LogP contribution in [0.3, 0.4) is 0 Å². The van der Waals surface area contributed by atoms with E-state index >= 15 is 0 Å². The highest BCUT2D eigenvalue weighted by Gasteiger charge is 2.14. The van der Waals surface area contributed by atoms with E-state index < -0.39 is 11.7 Å². The second-order valence-corrected chi connectivity index (χ2v) is 5.72. The third-order valence-corrected chi connectivity index (χ3v) is 3.76. The van der Waals surface area contributed by atoms with Crippen molar-refractivity contribution in [3.05, 3.63) is 44.7 Å². The van der Waals surface area contributed by atoms with Crippen molar-refractivity contribution in [2.24, 2.45) is 0 Å². The molecule has 0 radical (unpaired) electrons. The highest BCUT2D eigenvalue weighted by Crippen LogP contribution is 2.36. The van der Waals surface area contributed by atoms with Crippen LogP contribution in [0.15, 0.2) is 29.1 Å². The third kappa shape index (κ3) is 4.07. The summed E-state index contributed by atoms with van der Waals surface area (Å²) in [4.78, 5) is 23.8. The molecule has 1 aromatic carbocycles. The van der Waals surface area contributed by atoms with Crippen molar-refractivity contribution in [1.29, 1.82) is 0 Å². The zero-order valence-electron chi connectivity index (χ0n) is 13.2. The van der Waals surface area contributed by atoms with Crippen LogP contribution >= 0.6 is 23.2 Å². The highest BCUT2D eigenvalue weighted by molar-refractivity contribution is 6.37. The molecule has 0 aliphatic carbocycles. The maximum absolute atomic E-state index is 12.0. The Morgan fingerprint density at radius 3 is 2.50 bits per heavy atom. The second-order valence-electron chi connectivity index (χ2n) is 4.91. The number of halogens is 2. The van der Waals surface area contributed by atoms with Gasteiger partial charge in [0.05, 0.1) is 29.5 Å². The number of carbonyl (C=O) groups is 1. The zero-order valence-corrected chi connectivity index (χ0v) is 14.7. The minimum atomic E-state index is -0.819. The van der Waals surface area contributed by atoms with E-state index in [2.05, 4.69) is 5.10 Å². The first-order valence-corrected chi connectivity index (χ1v) is 8.04. The molecule has 6 nitrogen and oxygen atoms in total. The van der Waals surface area contributed by atoms with Gasteiger partial charge in [0.25, 0.3) is 5.56 Å². The standard InChI is InChI=1S/C16H16Cl2N2O4/c1-3-4-7-24-16(22)20-14(21)6-5-13(19-20)10-8-11(17)15(23-2)12(18)9-10/h5-6,8-9H,3-4,7H2,1-2H3. The van der Waals surface area contributed by atoms with Crippen molar-refractivity contribution in [2.75, 3.05) is 13.7 Å². The van der Waals surface area contributed by atoms with Crippen molar-refractivity contribution in [1.82, 2.24) is 9.78 Å². The van der Waals surface area contributed by atoms with E-state index in [9.17, 15) is 9.59 Å². The number of hydrogen-bond acceptors (Lipinski definition) is 5. The van der Waals surface area contributed by atoms with Crippen LogP contribution in [0.4, 0.5) is 4.79 Å². The van der Waals surface area contributed by atoms with Gasteiger partial charge in [0.15, 0.2) is 5.75 Å². The summed E-state index contributed by atoms with van der Waals surface area (Å²) in [6, 6.07) is 5.89. The van der Waals surface area contributed by atoms with Gasteiger partial charge in [-0.3, -0.25) is 4.79 Å². The molecule has 128 valence electrons. The average Bonchev–Trinajstić information content (AvgIpc) is 2.55. The molecule has 0 spiro atoms. The van der Waals surface area contributed by atoms with Gasteiger partial charge in [-0.15, -0.1) is 4.68 Å². The molecule has 0 aliphatic heterocycles. The number of methoxy groups -OCH3 is 1. The van der Waals surface area contributed by atoms with E-state index in [0.717, 1.165) is 6.42 Å². The fourth-order valence-electron chi connectivity index (χ4n) is 1.96. The quantitative estimate of drug-likeness (QED) is 0.743. The molecule has 1 heterocycles. The first-order chi connectivity index (χ1) is 11.5. The topological polar surface area (TPSA) is 70.4 Å². The van der Waals surface area contributed by atoms with E-state index in [1.165, 1.54) is 19.2 Å². The molecule has 8 heteroatoms. The van der Waals surface area contributed by atoms with Crippen LogP contribution in [-0.4, -0.2) is 29.6 Å². The lowest BCUT2D eigenvalue weighted by Gasteiger charge is -2.10. The Morgan fingerprint density at radius 1 is 1.25 bits per heavy atom. The summed E-state index contributed by atoms with van der Waals surface area (Å²) in [5, 5.41) is 4.62. The molecule has 0 saturated carbocycles. The Kier molecular flexibility index (Phi) is 6.23. The number of carbonyl (C=O) groups excluding carboxylic acids is 1. The van der Waals surface area contributed by atoms with Crippen LogP contribution in [0.25, 0.3) is 11.3 Å². The van der Waals surface area contributed by atoms with Gasteiger partial charge in [0.1, 0.15) is 0 Å². The molecule has 0 N–H and O–H groups in total. The van der Waals surface area contributed by atoms with E-state index in [-0.39, 0.29) is 6.61 Å². The van der Waals surface area contributed by atoms with Crippen molar-refractivity contribution in [3.63, 3.8) is 0 Å². The Bertz CT molecular complexity index is 782. The summed E-state index contributed by atoms with van der Waals surface area (Å²) in [7, 11) is 1.46. The molecule has 1 aromatic heterocycles. The fraction of sp³-hybridized carbons (Fsp3) is 0.312. The number of aromatic nitrogens is 2. The summed E-state index contributed by atoms with van der Waals surface area (Å²) in [6.07, 6.45) is 0.767. The minimum absolute atomic E-state index is 0.230. The Morgan fingerprint density at radius 2 is 1.92 bits per heavy atom. The molecule has 0 unspecified atom stereocenters. The summed E-state index contributed by atoms with van der Waals surface area (Å²) in [5.74, 6) is 0.342. The Balaban J connectivity index is 2.38. The maximum Gasteiger partial charge on any atom is 0.438 e. The normalized spacial score (nSPS) is 10.5. The van der Waals surface area contributed by atoms with Gasteiger partial charge >= 0.3 is 6.09 Å². The number of nitrogens with zero attached hydrogens (tertiary/aromatic N) is 2. The van der Waals surface area contributed by atoms with Crippen LogP contribution in [0.5, 0.6) is 5.75 Å². The largest absolute Gasteiger partial charge is 0.494 e. The number of unbranched alkanes of at least 4 members (excludes halogenated alkanes) is 1. The van der Waals surface area contributed by atoms with Crippen molar-refractivity contribution in [2.45, 2.75) is 19.8 Å². The van der Waals surface area contributed by atoms with Gasteiger partial charge in [-0.1, -0.05) is 36.5 Å². The second kappa shape index (κ2) is 8.17. The smallest absolute Gasteiger partial charge is 0.438 e. The molecule has 0 atom stereocenters. The van der Waals surface area contributed by atoms with Gasteiger partial charge < -0.3 is 9.47 Å². The Labute approximate surface area is 148 Å². The van der Waals surface area contributed by atoms with Gasteiger partial charge in [-0.2, -0.15) is 5.10 Å². The van der Waals surface area contributed by atoms with E-state index in [1.54, 1.807) is 12.1 Å². The molecular formula is C16H16Cl2N2O4. The van der Waals surface area contributed by atoms with Crippen LogP contribution in [0, 0.1) is 0 Å². The first kappa shape index (κ1) is 18.3. The summed E-state index contributed by atoms with van der Waals surface area (Å²) < 4.78 is 10.8. The molecule has 0 saturated heterocycles. The molecule has 0 amide bonds. The van der Waals surface area contributed by atoms with Crippen LogP contribution < -0.4 is 10.3 Å². The van der Waals surface area contributed by atoms with Crippen molar-refractivity contribution < 1.29 is 14.3 Å². The number of benzene rings is 1. The molecule has 0 fully saturated rings. The fourth-order valence-corrected chi connectivity index (χ4v) is 2.61. The lowest BCUT2D eigenvalue weighted by Crippen LogP contribution is -2.30. The minimum Gasteiger partial charge on any atom is -0.494 e. The van der Waals surface area contributed by atoms with E-state index in [0.29, 0.717) is 38.2 Å². The van der Waals surface area contributed by atoms with Gasteiger partial charge in [0, 0.05) is 11.6 Å². The monoisotopic (exact) mass is 370 g/mol. The molecule has 2 aromatic rings. The van der Waals surface area contributed by atoms with Crippen molar-refractivity contribution in [3.8, 4) is 17.0 Å².